The lowest BCUT2D eigenvalue weighted by Crippen LogP contribution is -2.64. The van der Waals surface area contributed by atoms with Crippen LogP contribution in [0.15, 0.2) is 0 Å². The first-order valence-corrected chi connectivity index (χ1v) is 6.14. The van der Waals surface area contributed by atoms with Gasteiger partial charge in [0.15, 0.2) is 0 Å². The molecule has 0 heterocycles. The lowest BCUT2D eigenvalue weighted by Gasteiger charge is -2.66. The molecule has 0 spiro atoms. The van der Waals surface area contributed by atoms with Crippen molar-refractivity contribution in [3.05, 3.63) is 0 Å². The second-order valence-electron chi connectivity index (χ2n) is 7.49. The Morgan fingerprint density at radius 1 is 0.938 bits per heavy atom. The van der Waals surface area contributed by atoms with Gasteiger partial charge in [-0.2, -0.15) is 0 Å². The number of carbonyl (C=O) groups is 1. The molecule has 2 N–H and O–H groups in total. The van der Waals surface area contributed by atoms with Crippen LogP contribution in [0.4, 0.5) is 0 Å². The van der Waals surface area contributed by atoms with E-state index in [0.29, 0.717) is 6.42 Å². The summed E-state index contributed by atoms with van der Waals surface area (Å²) >= 11 is 0. The zero-order valence-corrected chi connectivity index (χ0v) is 10.0. The fourth-order valence-corrected chi connectivity index (χ4v) is 5.86. The summed E-state index contributed by atoms with van der Waals surface area (Å²) in [6, 6.07) is 0. The Balaban J connectivity index is 2.11. The normalized spacial score (nSPS) is 58.9. The number of hydrogen-bond acceptors (Lipinski definition) is 2. The van der Waals surface area contributed by atoms with Crippen LogP contribution in [0.1, 0.15) is 52.4 Å². The molecule has 3 heteroatoms. The van der Waals surface area contributed by atoms with Gasteiger partial charge in [0.25, 0.3) is 0 Å². The molecule has 16 heavy (non-hydrogen) atoms. The topological polar surface area (TPSA) is 57.5 Å². The Morgan fingerprint density at radius 2 is 1.44 bits per heavy atom. The highest BCUT2D eigenvalue weighted by Gasteiger charge is 2.67. The second kappa shape index (κ2) is 2.47. The number of aliphatic hydroxyl groups is 1. The monoisotopic (exact) mass is 224 g/mol. The Morgan fingerprint density at radius 3 is 1.81 bits per heavy atom. The van der Waals surface area contributed by atoms with Gasteiger partial charge in [0.1, 0.15) is 0 Å². The van der Waals surface area contributed by atoms with Crippen LogP contribution in [-0.2, 0) is 4.79 Å². The predicted octanol–water partition coefficient (Wildman–Crippen LogP) is 2.18. The summed E-state index contributed by atoms with van der Waals surface area (Å²) < 4.78 is 0. The van der Waals surface area contributed by atoms with Crippen molar-refractivity contribution in [1.29, 1.82) is 0 Å². The van der Waals surface area contributed by atoms with E-state index in [0.717, 1.165) is 32.1 Å². The van der Waals surface area contributed by atoms with Gasteiger partial charge in [0.2, 0.25) is 0 Å². The van der Waals surface area contributed by atoms with Gasteiger partial charge in [0.05, 0.1) is 11.0 Å². The molecule has 3 nitrogen and oxygen atoms in total. The maximum Gasteiger partial charge on any atom is 0.309 e. The highest BCUT2D eigenvalue weighted by atomic mass is 16.4. The standard InChI is InChI=1S/C13H20O3/c1-10-3-11(2)5-12(4-10,9(14)15)8-13(16,6-10)7-11/h16H,3-8H2,1-2H3,(H,14,15). The SMILES string of the molecule is CC12CC3(C)CC(O)(C1)CC(C(=O)O)(C2)C3. The van der Waals surface area contributed by atoms with Crippen molar-refractivity contribution in [2.75, 3.05) is 0 Å². The number of carboxylic acid groups (broad SMARTS) is 1. The van der Waals surface area contributed by atoms with Crippen molar-refractivity contribution in [1.82, 2.24) is 0 Å². The van der Waals surface area contributed by atoms with E-state index in [9.17, 15) is 15.0 Å². The summed E-state index contributed by atoms with van der Waals surface area (Å²) in [5.41, 5.74) is -1.28. The lowest BCUT2D eigenvalue weighted by molar-refractivity contribution is -0.231. The summed E-state index contributed by atoms with van der Waals surface area (Å²) in [6.45, 7) is 4.32. The van der Waals surface area contributed by atoms with Crippen LogP contribution in [0.5, 0.6) is 0 Å². The van der Waals surface area contributed by atoms with Crippen LogP contribution in [0, 0.1) is 16.2 Å². The van der Waals surface area contributed by atoms with Gasteiger partial charge in [-0.3, -0.25) is 4.79 Å². The Bertz CT molecular complexity index is 320. The largest absolute Gasteiger partial charge is 0.481 e. The Kier molecular flexibility index (Phi) is 1.64. The molecule has 2 unspecified atom stereocenters. The average molecular weight is 224 g/mol. The molecule has 4 aliphatic rings. The van der Waals surface area contributed by atoms with Crippen LogP contribution in [0.3, 0.4) is 0 Å². The second-order valence-corrected chi connectivity index (χ2v) is 7.49. The van der Waals surface area contributed by atoms with Gasteiger partial charge < -0.3 is 10.2 Å². The molecule has 4 fully saturated rings. The van der Waals surface area contributed by atoms with Gasteiger partial charge in [0, 0.05) is 0 Å². The summed E-state index contributed by atoms with van der Waals surface area (Å²) in [4.78, 5) is 11.6. The van der Waals surface area contributed by atoms with Crippen molar-refractivity contribution < 1.29 is 15.0 Å². The van der Waals surface area contributed by atoms with Gasteiger partial charge in [-0.15, -0.1) is 0 Å². The Hall–Kier alpha value is -0.570. The van der Waals surface area contributed by atoms with E-state index in [1.165, 1.54) is 0 Å². The maximum atomic E-state index is 11.6. The molecule has 0 aromatic carbocycles. The fourth-order valence-electron chi connectivity index (χ4n) is 5.86. The summed E-state index contributed by atoms with van der Waals surface area (Å²) in [5.74, 6) is -0.692. The quantitative estimate of drug-likeness (QED) is 0.717. The minimum atomic E-state index is -0.712. The van der Waals surface area contributed by atoms with E-state index in [1.54, 1.807) is 0 Å². The van der Waals surface area contributed by atoms with Gasteiger partial charge in [-0.05, 0) is 49.4 Å². The van der Waals surface area contributed by atoms with Gasteiger partial charge in [-0.25, -0.2) is 0 Å². The first-order chi connectivity index (χ1) is 7.19. The zero-order valence-electron chi connectivity index (χ0n) is 10.0. The van der Waals surface area contributed by atoms with Crippen molar-refractivity contribution in [3.8, 4) is 0 Å². The third kappa shape index (κ3) is 1.21. The fraction of sp³-hybridized carbons (Fsp3) is 0.923. The predicted molar refractivity (Wildman–Crippen MR) is 58.9 cm³/mol. The molecular weight excluding hydrogens is 204 g/mol. The summed E-state index contributed by atoms with van der Waals surface area (Å²) in [6.07, 6.45) is 4.66. The van der Waals surface area contributed by atoms with Crippen molar-refractivity contribution in [2.24, 2.45) is 16.2 Å². The van der Waals surface area contributed by atoms with Crippen molar-refractivity contribution in [3.63, 3.8) is 0 Å². The number of rotatable bonds is 1. The molecule has 4 aliphatic carbocycles. The van der Waals surface area contributed by atoms with Crippen LogP contribution < -0.4 is 0 Å². The molecule has 4 saturated carbocycles. The minimum absolute atomic E-state index is 0.0383. The molecular formula is C13H20O3. The van der Waals surface area contributed by atoms with Crippen LogP contribution in [-0.4, -0.2) is 21.8 Å². The van der Waals surface area contributed by atoms with E-state index in [-0.39, 0.29) is 10.8 Å². The van der Waals surface area contributed by atoms with Gasteiger partial charge >= 0.3 is 5.97 Å². The molecule has 4 bridgehead atoms. The Labute approximate surface area is 95.9 Å². The third-order valence-corrected chi connectivity index (χ3v) is 5.02. The number of carboxylic acids is 1. The summed E-state index contributed by atoms with van der Waals surface area (Å²) in [5, 5.41) is 20.1. The molecule has 0 saturated heterocycles. The smallest absolute Gasteiger partial charge is 0.309 e. The molecule has 0 amide bonds. The van der Waals surface area contributed by atoms with Crippen LogP contribution in [0.25, 0.3) is 0 Å². The van der Waals surface area contributed by atoms with Crippen molar-refractivity contribution >= 4 is 5.97 Å². The van der Waals surface area contributed by atoms with Crippen LogP contribution in [0.2, 0.25) is 0 Å². The zero-order chi connectivity index (χ0) is 11.8. The summed E-state index contributed by atoms with van der Waals surface area (Å²) in [7, 11) is 0. The van der Waals surface area contributed by atoms with Crippen LogP contribution >= 0.6 is 0 Å². The van der Waals surface area contributed by atoms with E-state index in [1.807, 2.05) is 0 Å². The first kappa shape index (κ1) is 10.6. The number of aliphatic carboxylic acids is 1. The highest BCUT2D eigenvalue weighted by Crippen LogP contribution is 2.70. The van der Waals surface area contributed by atoms with Crippen molar-refractivity contribution in [2.45, 2.75) is 58.0 Å². The first-order valence-electron chi connectivity index (χ1n) is 6.14. The van der Waals surface area contributed by atoms with Gasteiger partial charge in [-0.1, -0.05) is 13.8 Å². The molecule has 0 aromatic rings. The third-order valence-electron chi connectivity index (χ3n) is 5.02. The molecule has 0 aliphatic heterocycles. The molecule has 2 atom stereocenters. The number of hydrogen-bond donors (Lipinski definition) is 2. The highest BCUT2D eigenvalue weighted by molar-refractivity contribution is 5.76. The average Bonchev–Trinajstić information content (AvgIpc) is 1.92. The molecule has 0 aromatic heterocycles. The lowest BCUT2D eigenvalue weighted by atomic mass is 9.39. The molecule has 4 rings (SSSR count). The van der Waals surface area contributed by atoms with E-state index in [4.69, 9.17) is 0 Å². The molecule has 90 valence electrons. The van der Waals surface area contributed by atoms with E-state index < -0.39 is 17.0 Å². The van der Waals surface area contributed by atoms with E-state index in [2.05, 4.69) is 13.8 Å². The minimum Gasteiger partial charge on any atom is -0.481 e. The van der Waals surface area contributed by atoms with E-state index >= 15 is 0 Å². The maximum absolute atomic E-state index is 11.6. The molecule has 0 radical (unpaired) electrons.